The zero-order chi connectivity index (χ0) is 13.0. The van der Waals surface area contributed by atoms with Crippen LogP contribution in [0.4, 0.5) is 5.69 Å². The molecule has 2 unspecified atom stereocenters. The number of amides is 1. The standard InChI is InChI=1S/C14H21N3O/c1-2-17(13-6-8-16-9-7-13)14(18)11-4-3-5-12(15)10-11/h6-9,11-12H,2-5,10,15H2,1H3. The summed E-state index contributed by atoms with van der Waals surface area (Å²) in [5, 5.41) is 0. The molecular formula is C14H21N3O. The largest absolute Gasteiger partial charge is 0.328 e. The summed E-state index contributed by atoms with van der Waals surface area (Å²) in [6, 6.07) is 3.94. The van der Waals surface area contributed by atoms with Gasteiger partial charge in [-0.2, -0.15) is 0 Å². The average Bonchev–Trinajstić information content (AvgIpc) is 2.41. The lowest BCUT2D eigenvalue weighted by Gasteiger charge is -2.30. The highest BCUT2D eigenvalue weighted by Gasteiger charge is 2.28. The molecule has 1 saturated carbocycles. The second-order valence-corrected chi connectivity index (χ2v) is 4.91. The number of nitrogens with two attached hydrogens (primary N) is 1. The van der Waals surface area contributed by atoms with Crippen LogP contribution in [0.5, 0.6) is 0 Å². The number of carbonyl (C=O) groups is 1. The molecule has 1 aliphatic carbocycles. The second kappa shape index (κ2) is 5.96. The molecule has 2 atom stereocenters. The van der Waals surface area contributed by atoms with Gasteiger partial charge in [0.25, 0.3) is 0 Å². The van der Waals surface area contributed by atoms with E-state index >= 15 is 0 Å². The monoisotopic (exact) mass is 247 g/mol. The van der Waals surface area contributed by atoms with Crippen LogP contribution in [0.25, 0.3) is 0 Å². The molecule has 0 aliphatic heterocycles. The first-order valence-corrected chi connectivity index (χ1v) is 6.69. The minimum Gasteiger partial charge on any atom is -0.328 e. The van der Waals surface area contributed by atoms with Gasteiger partial charge in [0.15, 0.2) is 0 Å². The molecule has 1 heterocycles. The summed E-state index contributed by atoms with van der Waals surface area (Å²) in [5.41, 5.74) is 6.89. The van der Waals surface area contributed by atoms with E-state index in [9.17, 15) is 4.79 Å². The maximum absolute atomic E-state index is 12.5. The van der Waals surface area contributed by atoms with Gasteiger partial charge in [-0.05, 0) is 38.3 Å². The number of hydrogen-bond acceptors (Lipinski definition) is 3. The fourth-order valence-corrected chi connectivity index (χ4v) is 2.66. The molecule has 18 heavy (non-hydrogen) atoms. The fourth-order valence-electron chi connectivity index (χ4n) is 2.66. The van der Waals surface area contributed by atoms with Crippen LogP contribution in [0.15, 0.2) is 24.5 Å². The molecule has 0 radical (unpaired) electrons. The Morgan fingerprint density at radius 1 is 1.44 bits per heavy atom. The molecule has 0 spiro atoms. The number of aromatic nitrogens is 1. The number of pyridine rings is 1. The van der Waals surface area contributed by atoms with E-state index in [1.54, 1.807) is 12.4 Å². The molecule has 4 heteroatoms. The summed E-state index contributed by atoms with van der Waals surface area (Å²) in [6.07, 6.45) is 7.33. The first-order valence-electron chi connectivity index (χ1n) is 6.69. The summed E-state index contributed by atoms with van der Waals surface area (Å²) >= 11 is 0. The van der Waals surface area contributed by atoms with Crippen molar-refractivity contribution in [2.24, 2.45) is 11.7 Å². The Hall–Kier alpha value is -1.42. The van der Waals surface area contributed by atoms with Crippen LogP contribution >= 0.6 is 0 Å². The van der Waals surface area contributed by atoms with Crippen LogP contribution in [0.3, 0.4) is 0 Å². The Bertz CT molecular complexity index is 393. The third kappa shape index (κ3) is 2.88. The quantitative estimate of drug-likeness (QED) is 0.888. The van der Waals surface area contributed by atoms with Crippen LogP contribution in [-0.4, -0.2) is 23.5 Å². The Kier molecular flexibility index (Phi) is 4.31. The molecular weight excluding hydrogens is 226 g/mol. The third-order valence-electron chi connectivity index (χ3n) is 3.62. The van der Waals surface area contributed by atoms with Crippen molar-refractivity contribution in [2.75, 3.05) is 11.4 Å². The minimum atomic E-state index is 0.0851. The molecule has 4 nitrogen and oxygen atoms in total. The molecule has 98 valence electrons. The first kappa shape index (κ1) is 13.0. The van der Waals surface area contributed by atoms with Crippen molar-refractivity contribution in [2.45, 2.75) is 38.6 Å². The zero-order valence-electron chi connectivity index (χ0n) is 10.9. The summed E-state index contributed by atoms with van der Waals surface area (Å²) in [5.74, 6) is 0.292. The van der Waals surface area contributed by atoms with E-state index in [0.717, 1.165) is 31.4 Å². The van der Waals surface area contributed by atoms with Gasteiger partial charge in [0.2, 0.25) is 5.91 Å². The van der Waals surface area contributed by atoms with Crippen LogP contribution in [0, 0.1) is 5.92 Å². The van der Waals surface area contributed by atoms with Gasteiger partial charge in [-0.3, -0.25) is 9.78 Å². The molecule has 2 N–H and O–H groups in total. The van der Waals surface area contributed by atoms with Gasteiger partial charge >= 0.3 is 0 Å². The maximum Gasteiger partial charge on any atom is 0.230 e. The van der Waals surface area contributed by atoms with Crippen molar-refractivity contribution < 1.29 is 4.79 Å². The van der Waals surface area contributed by atoms with Crippen LogP contribution in [0.2, 0.25) is 0 Å². The highest BCUT2D eigenvalue weighted by Crippen LogP contribution is 2.26. The van der Waals surface area contributed by atoms with Crippen molar-refractivity contribution >= 4 is 11.6 Å². The minimum absolute atomic E-state index is 0.0851. The van der Waals surface area contributed by atoms with Gasteiger partial charge in [0, 0.05) is 36.6 Å². The van der Waals surface area contributed by atoms with E-state index in [2.05, 4.69) is 4.98 Å². The molecule has 1 fully saturated rings. The van der Waals surface area contributed by atoms with Crippen LogP contribution in [-0.2, 0) is 4.79 Å². The molecule has 0 aromatic carbocycles. The smallest absolute Gasteiger partial charge is 0.230 e. The van der Waals surface area contributed by atoms with Gasteiger partial charge in [0.1, 0.15) is 0 Å². The van der Waals surface area contributed by atoms with Crippen LogP contribution in [0.1, 0.15) is 32.6 Å². The van der Waals surface area contributed by atoms with Crippen LogP contribution < -0.4 is 10.6 Å². The molecule has 0 bridgehead atoms. The lowest BCUT2D eigenvalue weighted by atomic mass is 9.85. The molecule has 1 aromatic rings. The Balaban J connectivity index is 2.10. The average molecular weight is 247 g/mol. The summed E-state index contributed by atoms with van der Waals surface area (Å²) < 4.78 is 0. The SMILES string of the molecule is CCN(C(=O)C1CCCC(N)C1)c1ccncc1. The predicted molar refractivity (Wildman–Crippen MR) is 72.2 cm³/mol. The summed E-state index contributed by atoms with van der Waals surface area (Å²) in [6.45, 7) is 2.69. The van der Waals surface area contributed by atoms with Gasteiger partial charge in [0.05, 0.1) is 0 Å². The van der Waals surface area contributed by atoms with Gasteiger partial charge in [-0.25, -0.2) is 0 Å². The number of hydrogen-bond donors (Lipinski definition) is 1. The van der Waals surface area contributed by atoms with Crippen molar-refractivity contribution in [3.05, 3.63) is 24.5 Å². The van der Waals surface area contributed by atoms with Crippen molar-refractivity contribution in [3.63, 3.8) is 0 Å². The highest BCUT2D eigenvalue weighted by molar-refractivity contribution is 5.94. The number of carbonyl (C=O) groups excluding carboxylic acids is 1. The normalized spacial score (nSPS) is 23.7. The van der Waals surface area contributed by atoms with Crippen molar-refractivity contribution in [1.82, 2.24) is 4.98 Å². The first-order chi connectivity index (χ1) is 8.72. The summed E-state index contributed by atoms with van der Waals surface area (Å²) in [4.78, 5) is 18.4. The van der Waals surface area contributed by atoms with E-state index in [4.69, 9.17) is 5.73 Å². The van der Waals surface area contributed by atoms with Crippen molar-refractivity contribution in [1.29, 1.82) is 0 Å². The number of anilines is 1. The Morgan fingerprint density at radius 3 is 2.78 bits per heavy atom. The molecule has 1 amide bonds. The highest BCUT2D eigenvalue weighted by atomic mass is 16.2. The van der Waals surface area contributed by atoms with E-state index in [0.29, 0.717) is 6.54 Å². The Labute approximate surface area is 108 Å². The van der Waals surface area contributed by atoms with Gasteiger partial charge in [-0.1, -0.05) is 6.42 Å². The third-order valence-corrected chi connectivity index (χ3v) is 3.62. The number of rotatable bonds is 3. The van der Waals surface area contributed by atoms with Gasteiger partial charge in [-0.15, -0.1) is 0 Å². The summed E-state index contributed by atoms with van der Waals surface area (Å²) in [7, 11) is 0. The Morgan fingerprint density at radius 2 is 2.17 bits per heavy atom. The maximum atomic E-state index is 12.5. The predicted octanol–water partition coefficient (Wildman–Crippen LogP) is 1.95. The van der Waals surface area contributed by atoms with E-state index < -0.39 is 0 Å². The lowest BCUT2D eigenvalue weighted by molar-refractivity contribution is -0.123. The lowest BCUT2D eigenvalue weighted by Crippen LogP contribution is -2.40. The van der Waals surface area contributed by atoms with Gasteiger partial charge < -0.3 is 10.6 Å². The number of nitrogens with zero attached hydrogens (tertiary/aromatic N) is 2. The van der Waals surface area contributed by atoms with E-state index in [1.807, 2.05) is 24.0 Å². The zero-order valence-corrected chi connectivity index (χ0v) is 10.9. The topological polar surface area (TPSA) is 59.2 Å². The van der Waals surface area contributed by atoms with E-state index in [-0.39, 0.29) is 17.9 Å². The fraction of sp³-hybridized carbons (Fsp3) is 0.571. The van der Waals surface area contributed by atoms with Crippen molar-refractivity contribution in [3.8, 4) is 0 Å². The molecule has 2 rings (SSSR count). The molecule has 1 aliphatic rings. The molecule has 1 aromatic heterocycles. The molecule has 0 saturated heterocycles. The second-order valence-electron chi connectivity index (χ2n) is 4.91. The van der Waals surface area contributed by atoms with E-state index in [1.165, 1.54) is 0 Å².